The van der Waals surface area contributed by atoms with Crippen LogP contribution in [0.3, 0.4) is 0 Å². The number of aryl methyl sites for hydroxylation is 1. The Bertz CT molecular complexity index is 459. The Labute approximate surface area is 88.8 Å². The summed E-state index contributed by atoms with van der Waals surface area (Å²) in [4.78, 5) is 0.240. The molecule has 1 saturated carbocycles. The molecule has 0 unspecified atom stereocenters. The zero-order valence-corrected chi connectivity index (χ0v) is 9.29. The molecule has 0 aromatic carbocycles. The number of aliphatic hydroxyl groups excluding tert-OH is 1. The third kappa shape index (κ3) is 2.06. The van der Waals surface area contributed by atoms with Crippen molar-refractivity contribution in [1.29, 1.82) is 0 Å². The molecular formula is C9H14N2O3S. The lowest BCUT2D eigenvalue weighted by Gasteiger charge is -2.13. The summed E-state index contributed by atoms with van der Waals surface area (Å²) in [6.07, 6.45) is 4.62. The van der Waals surface area contributed by atoms with Crippen molar-refractivity contribution < 1.29 is 13.5 Å². The fourth-order valence-corrected chi connectivity index (χ4v) is 2.93. The summed E-state index contributed by atoms with van der Waals surface area (Å²) >= 11 is 0. The number of aromatic nitrogens is 1. The summed E-state index contributed by atoms with van der Waals surface area (Å²) < 4.78 is 27.9. The van der Waals surface area contributed by atoms with Crippen molar-refractivity contribution in [2.75, 3.05) is 6.61 Å². The minimum absolute atomic E-state index is 0.140. The Balaban J connectivity index is 2.21. The maximum Gasteiger partial charge on any atom is 0.242 e. The van der Waals surface area contributed by atoms with Gasteiger partial charge in [0.25, 0.3) is 0 Å². The lowest BCUT2D eigenvalue weighted by molar-refractivity contribution is 0.246. The predicted molar refractivity (Wildman–Crippen MR) is 54.8 cm³/mol. The molecule has 0 saturated heterocycles. The Hall–Kier alpha value is -0.850. The summed E-state index contributed by atoms with van der Waals surface area (Å²) in [6, 6.07) is 1.54. The maximum atomic E-state index is 11.8. The van der Waals surface area contributed by atoms with Crippen LogP contribution in [0, 0.1) is 0 Å². The van der Waals surface area contributed by atoms with Gasteiger partial charge in [0.1, 0.15) is 0 Å². The zero-order valence-electron chi connectivity index (χ0n) is 8.47. The van der Waals surface area contributed by atoms with E-state index in [9.17, 15) is 8.42 Å². The Morgan fingerprint density at radius 1 is 1.60 bits per heavy atom. The lowest BCUT2D eigenvalue weighted by atomic mass is 10.3. The first-order valence-electron chi connectivity index (χ1n) is 4.74. The maximum absolute atomic E-state index is 11.8. The standard InChI is InChI=1S/C9H14N2O3S/c1-11-5-2-8(6-11)15(13,14)10-9(7-12)3-4-9/h2,5-6,10,12H,3-4,7H2,1H3. The van der Waals surface area contributed by atoms with Gasteiger partial charge in [0.2, 0.25) is 10.0 Å². The monoisotopic (exact) mass is 230 g/mol. The lowest BCUT2D eigenvalue weighted by Crippen LogP contribution is -2.39. The van der Waals surface area contributed by atoms with E-state index in [2.05, 4.69) is 4.72 Å². The molecule has 1 aromatic rings. The third-order valence-electron chi connectivity index (χ3n) is 2.62. The topological polar surface area (TPSA) is 71.3 Å². The normalized spacial score (nSPS) is 19.1. The van der Waals surface area contributed by atoms with Crippen LogP contribution in [0.1, 0.15) is 12.8 Å². The highest BCUT2D eigenvalue weighted by Crippen LogP contribution is 2.36. The highest BCUT2D eigenvalue weighted by atomic mass is 32.2. The second kappa shape index (κ2) is 3.33. The average molecular weight is 230 g/mol. The van der Waals surface area contributed by atoms with Crippen LogP contribution in [-0.2, 0) is 17.1 Å². The molecule has 0 radical (unpaired) electrons. The highest BCUT2D eigenvalue weighted by Gasteiger charge is 2.45. The molecule has 1 heterocycles. The van der Waals surface area contributed by atoms with Gasteiger partial charge >= 0.3 is 0 Å². The Morgan fingerprint density at radius 3 is 2.67 bits per heavy atom. The number of rotatable bonds is 4. The van der Waals surface area contributed by atoms with Crippen LogP contribution in [0.4, 0.5) is 0 Å². The molecule has 1 aliphatic carbocycles. The van der Waals surface area contributed by atoms with Crippen LogP contribution in [0.15, 0.2) is 23.4 Å². The molecule has 0 aliphatic heterocycles. The SMILES string of the molecule is Cn1ccc(S(=O)(=O)NC2(CO)CC2)c1. The molecule has 0 atom stereocenters. The summed E-state index contributed by atoms with van der Waals surface area (Å²) in [5.74, 6) is 0. The summed E-state index contributed by atoms with van der Waals surface area (Å²) in [6.45, 7) is -0.140. The van der Waals surface area contributed by atoms with E-state index >= 15 is 0 Å². The van der Waals surface area contributed by atoms with Gasteiger partial charge in [-0.3, -0.25) is 0 Å². The molecule has 1 aromatic heterocycles. The van der Waals surface area contributed by atoms with E-state index in [1.807, 2.05) is 0 Å². The number of nitrogens with zero attached hydrogens (tertiary/aromatic N) is 1. The van der Waals surface area contributed by atoms with Gasteiger partial charge in [-0.05, 0) is 18.9 Å². The van der Waals surface area contributed by atoms with Crippen LogP contribution in [0.5, 0.6) is 0 Å². The van der Waals surface area contributed by atoms with E-state index in [1.54, 1.807) is 17.8 Å². The molecule has 1 aliphatic rings. The molecule has 1 fully saturated rings. The zero-order chi connectivity index (χ0) is 11.1. The van der Waals surface area contributed by atoms with Crippen LogP contribution < -0.4 is 4.72 Å². The minimum Gasteiger partial charge on any atom is -0.394 e. The van der Waals surface area contributed by atoms with Gasteiger partial charge in [-0.15, -0.1) is 0 Å². The highest BCUT2D eigenvalue weighted by molar-refractivity contribution is 7.89. The van der Waals surface area contributed by atoms with Crippen molar-refractivity contribution in [2.45, 2.75) is 23.3 Å². The smallest absolute Gasteiger partial charge is 0.242 e. The van der Waals surface area contributed by atoms with Gasteiger partial charge in [-0.1, -0.05) is 0 Å². The number of nitrogens with one attached hydrogen (secondary N) is 1. The predicted octanol–water partition coefficient (Wildman–Crippen LogP) is -0.172. The van der Waals surface area contributed by atoms with Crippen LogP contribution in [-0.4, -0.2) is 30.2 Å². The molecule has 6 heteroatoms. The fraction of sp³-hybridized carbons (Fsp3) is 0.556. The van der Waals surface area contributed by atoms with Crippen molar-refractivity contribution in [1.82, 2.24) is 9.29 Å². The first-order chi connectivity index (χ1) is 6.97. The van der Waals surface area contributed by atoms with Gasteiger partial charge in [0, 0.05) is 19.4 Å². The van der Waals surface area contributed by atoms with Crippen LogP contribution >= 0.6 is 0 Å². The summed E-state index contributed by atoms with van der Waals surface area (Å²) in [7, 11) is -1.72. The first-order valence-corrected chi connectivity index (χ1v) is 6.23. The summed E-state index contributed by atoms with van der Waals surface area (Å²) in [5, 5.41) is 9.04. The van der Waals surface area contributed by atoms with Gasteiger partial charge in [-0.25, -0.2) is 13.1 Å². The van der Waals surface area contributed by atoms with Crippen molar-refractivity contribution in [2.24, 2.45) is 7.05 Å². The van der Waals surface area contributed by atoms with Crippen molar-refractivity contribution in [3.8, 4) is 0 Å². The van der Waals surface area contributed by atoms with E-state index < -0.39 is 15.6 Å². The minimum atomic E-state index is -3.48. The first kappa shape index (κ1) is 10.7. The molecule has 84 valence electrons. The van der Waals surface area contributed by atoms with E-state index in [4.69, 9.17) is 5.11 Å². The van der Waals surface area contributed by atoms with Gasteiger partial charge in [0.15, 0.2) is 0 Å². The molecular weight excluding hydrogens is 216 g/mol. The van der Waals surface area contributed by atoms with Crippen LogP contribution in [0.25, 0.3) is 0 Å². The van der Waals surface area contributed by atoms with Gasteiger partial charge < -0.3 is 9.67 Å². The van der Waals surface area contributed by atoms with Crippen molar-refractivity contribution in [3.63, 3.8) is 0 Å². The summed E-state index contributed by atoms with van der Waals surface area (Å²) in [5.41, 5.74) is -0.603. The second-order valence-electron chi connectivity index (χ2n) is 4.06. The number of aliphatic hydroxyl groups is 1. The number of hydrogen-bond acceptors (Lipinski definition) is 3. The average Bonchev–Trinajstić information content (AvgIpc) is 2.78. The van der Waals surface area contributed by atoms with E-state index in [-0.39, 0.29) is 11.5 Å². The molecule has 5 nitrogen and oxygen atoms in total. The Morgan fingerprint density at radius 2 is 2.27 bits per heavy atom. The van der Waals surface area contributed by atoms with Gasteiger partial charge in [-0.2, -0.15) is 0 Å². The van der Waals surface area contributed by atoms with E-state index in [0.29, 0.717) is 12.8 Å². The molecule has 2 rings (SSSR count). The molecule has 2 N–H and O–H groups in total. The van der Waals surface area contributed by atoms with Crippen LogP contribution in [0.2, 0.25) is 0 Å². The molecule has 0 amide bonds. The largest absolute Gasteiger partial charge is 0.394 e. The quantitative estimate of drug-likeness (QED) is 0.754. The molecule has 0 spiro atoms. The molecule has 0 bridgehead atoms. The van der Waals surface area contributed by atoms with E-state index in [1.165, 1.54) is 12.3 Å². The number of sulfonamides is 1. The third-order valence-corrected chi connectivity index (χ3v) is 4.19. The van der Waals surface area contributed by atoms with Crippen molar-refractivity contribution in [3.05, 3.63) is 18.5 Å². The number of hydrogen-bond donors (Lipinski definition) is 2. The Kier molecular flexibility index (Phi) is 2.37. The second-order valence-corrected chi connectivity index (χ2v) is 5.74. The van der Waals surface area contributed by atoms with E-state index in [0.717, 1.165) is 0 Å². The fourth-order valence-electron chi connectivity index (χ4n) is 1.42. The van der Waals surface area contributed by atoms with Crippen molar-refractivity contribution >= 4 is 10.0 Å². The molecule has 15 heavy (non-hydrogen) atoms. The van der Waals surface area contributed by atoms with Gasteiger partial charge in [0.05, 0.1) is 17.0 Å².